The molecule has 0 saturated carbocycles. The molecule has 1 heterocycles. The van der Waals surface area contributed by atoms with Gasteiger partial charge < -0.3 is 10.0 Å². The predicted octanol–water partition coefficient (Wildman–Crippen LogP) is 4.33. The second-order valence-electron chi connectivity index (χ2n) is 4.89. The minimum absolute atomic E-state index is 0.287. The Bertz CT molecular complexity index is 569. The maximum atomic E-state index is 9.76. The van der Waals surface area contributed by atoms with E-state index >= 15 is 0 Å². The van der Waals surface area contributed by atoms with E-state index in [1.165, 1.54) is 0 Å². The molecule has 1 aromatic heterocycles. The van der Waals surface area contributed by atoms with Crippen LogP contribution in [0.25, 0.3) is 10.8 Å². The van der Waals surface area contributed by atoms with Crippen molar-refractivity contribution < 1.29 is 5.11 Å². The number of nitrogens with zero attached hydrogens (tertiary/aromatic N) is 2. The highest BCUT2D eigenvalue weighted by atomic mass is 79.9. The van der Waals surface area contributed by atoms with E-state index in [0.717, 1.165) is 41.3 Å². The van der Waals surface area contributed by atoms with Gasteiger partial charge in [-0.25, -0.2) is 4.98 Å². The number of benzene rings is 1. The van der Waals surface area contributed by atoms with Gasteiger partial charge in [-0.1, -0.05) is 35.8 Å². The minimum atomic E-state index is 0.287. The number of anilines is 1. The second kappa shape index (κ2) is 6.93. The van der Waals surface area contributed by atoms with E-state index in [1.807, 2.05) is 18.3 Å². The molecule has 2 rings (SSSR count). The summed E-state index contributed by atoms with van der Waals surface area (Å²) in [5.41, 5.74) is 0. The van der Waals surface area contributed by atoms with E-state index in [2.05, 4.69) is 39.7 Å². The van der Waals surface area contributed by atoms with Crippen molar-refractivity contribution in [1.82, 2.24) is 4.98 Å². The zero-order chi connectivity index (χ0) is 14.5. The zero-order valence-corrected chi connectivity index (χ0v) is 13.6. The molecule has 0 atom stereocenters. The molecule has 108 valence electrons. The topological polar surface area (TPSA) is 36.4 Å². The first-order valence-electron chi connectivity index (χ1n) is 7.11. The van der Waals surface area contributed by atoms with E-state index < -0.39 is 0 Å². The largest absolute Gasteiger partial charge is 0.508 e. The fraction of sp³-hybridized carbons (Fsp3) is 0.438. The molecule has 0 aliphatic rings. The Morgan fingerprint density at radius 3 is 2.65 bits per heavy atom. The molecule has 0 unspecified atom stereocenters. The number of rotatable bonds is 6. The smallest absolute Gasteiger partial charge is 0.136 e. The molecule has 0 spiro atoms. The van der Waals surface area contributed by atoms with Crippen LogP contribution in [-0.2, 0) is 0 Å². The summed E-state index contributed by atoms with van der Waals surface area (Å²) in [6, 6.07) is 7.92. The Labute approximate surface area is 128 Å². The molecular weight excluding hydrogens is 316 g/mol. The van der Waals surface area contributed by atoms with Crippen molar-refractivity contribution >= 4 is 32.5 Å². The summed E-state index contributed by atoms with van der Waals surface area (Å²) in [7, 11) is 0. The number of aromatic hydroxyl groups is 1. The number of hydrogen-bond acceptors (Lipinski definition) is 3. The van der Waals surface area contributed by atoms with Crippen LogP contribution in [0, 0.1) is 0 Å². The summed E-state index contributed by atoms with van der Waals surface area (Å²) in [4.78, 5) is 6.92. The average Bonchev–Trinajstić information content (AvgIpc) is 2.47. The summed E-state index contributed by atoms with van der Waals surface area (Å²) in [5, 5.41) is 12.8. The Morgan fingerprint density at radius 2 is 2.00 bits per heavy atom. The summed E-state index contributed by atoms with van der Waals surface area (Å²) in [6.45, 7) is 5.32. The number of phenolic OH excluding ortho intramolecular Hbond substituents is 1. The van der Waals surface area contributed by atoms with Gasteiger partial charge in [0.15, 0.2) is 0 Å². The van der Waals surface area contributed by atoms with Gasteiger partial charge in [0.2, 0.25) is 0 Å². The molecule has 0 amide bonds. The number of halogens is 1. The van der Waals surface area contributed by atoms with Crippen molar-refractivity contribution in [2.45, 2.75) is 32.7 Å². The standard InChI is InChI=1S/C16H21BrN2O/c1-3-13(4-2)19(10-8-17)16-15-11-14(20)6-5-12(15)7-9-18-16/h5-7,9,11,13,20H,3-4,8,10H2,1-2H3. The lowest BCUT2D eigenvalue weighted by atomic mass is 10.1. The van der Waals surface area contributed by atoms with Gasteiger partial charge in [0.1, 0.15) is 11.6 Å². The van der Waals surface area contributed by atoms with Crippen LogP contribution >= 0.6 is 15.9 Å². The predicted molar refractivity (Wildman–Crippen MR) is 88.9 cm³/mol. The number of pyridine rings is 1. The molecule has 2 aromatic rings. The first kappa shape index (κ1) is 15.1. The van der Waals surface area contributed by atoms with Crippen LogP contribution in [0.1, 0.15) is 26.7 Å². The van der Waals surface area contributed by atoms with Crippen LogP contribution in [0.4, 0.5) is 5.82 Å². The first-order chi connectivity index (χ1) is 9.71. The molecule has 0 fully saturated rings. The zero-order valence-electron chi connectivity index (χ0n) is 12.0. The highest BCUT2D eigenvalue weighted by molar-refractivity contribution is 9.09. The molecule has 1 aromatic carbocycles. The monoisotopic (exact) mass is 336 g/mol. The van der Waals surface area contributed by atoms with Crippen LogP contribution in [0.5, 0.6) is 5.75 Å². The van der Waals surface area contributed by atoms with Crippen molar-refractivity contribution in [3.05, 3.63) is 30.5 Å². The van der Waals surface area contributed by atoms with E-state index in [0.29, 0.717) is 6.04 Å². The molecule has 0 aliphatic heterocycles. The number of fused-ring (bicyclic) bond motifs is 1. The fourth-order valence-electron chi connectivity index (χ4n) is 2.65. The molecule has 1 N–H and O–H groups in total. The lowest BCUT2D eigenvalue weighted by molar-refractivity contribution is 0.476. The molecule has 4 heteroatoms. The molecule has 0 radical (unpaired) electrons. The summed E-state index contributed by atoms with van der Waals surface area (Å²) < 4.78 is 0. The maximum absolute atomic E-state index is 9.76. The summed E-state index contributed by atoms with van der Waals surface area (Å²) in [5.74, 6) is 1.25. The van der Waals surface area contributed by atoms with Crippen LogP contribution in [0.3, 0.4) is 0 Å². The quantitative estimate of drug-likeness (QED) is 0.797. The van der Waals surface area contributed by atoms with Gasteiger partial charge in [-0.05, 0) is 36.4 Å². The van der Waals surface area contributed by atoms with E-state index in [4.69, 9.17) is 0 Å². The van der Waals surface area contributed by atoms with Crippen LogP contribution in [0.15, 0.2) is 30.5 Å². The normalized spacial score (nSPS) is 11.2. The van der Waals surface area contributed by atoms with Crippen molar-refractivity contribution in [2.75, 3.05) is 16.8 Å². The van der Waals surface area contributed by atoms with Crippen molar-refractivity contribution in [2.24, 2.45) is 0 Å². The number of hydrogen-bond donors (Lipinski definition) is 1. The molecule has 20 heavy (non-hydrogen) atoms. The van der Waals surface area contributed by atoms with E-state index in [-0.39, 0.29) is 5.75 Å². The van der Waals surface area contributed by atoms with E-state index in [9.17, 15) is 5.11 Å². The van der Waals surface area contributed by atoms with Gasteiger partial charge in [0, 0.05) is 29.5 Å². The van der Waals surface area contributed by atoms with Gasteiger partial charge in [-0.3, -0.25) is 0 Å². The van der Waals surface area contributed by atoms with Crippen LogP contribution < -0.4 is 4.90 Å². The SMILES string of the molecule is CCC(CC)N(CCBr)c1nccc2ccc(O)cc12. The Hall–Kier alpha value is -1.29. The third-order valence-corrected chi connectivity index (χ3v) is 4.06. The van der Waals surface area contributed by atoms with Crippen molar-refractivity contribution in [1.29, 1.82) is 0 Å². The first-order valence-corrected chi connectivity index (χ1v) is 8.23. The summed E-state index contributed by atoms with van der Waals surface area (Å²) >= 11 is 3.53. The third-order valence-electron chi connectivity index (χ3n) is 3.71. The lowest BCUT2D eigenvalue weighted by Gasteiger charge is -2.32. The van der Waals surface area contributed by atoms with E-state index in [1.54, 1.807) is 12.1 Å². The Balaban J connectivity index is 2.54. The lowest BCUT2D eigenvalue weighted by Crippen LogP contribution is -2.36. The highest BCUT2D eigenvalue weighted by Crippen LogP contribution is 2.30. The number of alkyl halides is 1. The molecule has 0 aliphatic carbocycles. The summed E-state index contributed by atoms with van der Waals surface area (Å²) in [6.07, 6.45) is 4.01. The van der Waals surface area contributed by atoms with Crippen molar-refractivity contribution in [3.63, 3.8) is 0 Å². The Morgan fingerprint density at radius 1 is 1.25 bits per heavy atom. The highest BCUT2D eigenvalue weighted by Gasteiger charge is 2.18. The average molecular weight is 337 g/mol. The number of phenols is 1. The molecule has 0 bridgehead atoms. The maximum Gasteiger partial charge on any atom is 0.136 e. The molecule has 0 saturated heterocycles. The van der Waals surface area contributed by atoms with Crippen LogP contribution in [-0.4, -0.2) is 28.0 Å². The van der Waals surface area contributed by atoms with Gasteiger partial charge >= 0.3 is 0 Å². The number of aromatic nitrogens is 1. The van der Waals surface area contributed by atoms with Gasteiger partial charge in [-0.2, -0.15) is 0 Å². The van der Waals surface area contributed by atoms with Gasteiger partial charge in [0.25, 0.3) is 0 Å². The Kier molecular flexibility index (Phi) is 5.24. The van der Waals surface area contributed by atoms with Crippen molar-refractivity contribution in [3.8, 4) is 5.75 Å². The van der Waals surface area contributed by atoms with Gasteiger partial charge in [-0.15, -0.1) is 0 Å². The van der Waals surface area contributed by atoms with Gasteiger partial charge in [0.05, 0.1) is 0 Å². The molecular formula is C16H21BrN2O. The third kappa shape index (κ3) is 3.06. The minimum Gasteiger partial charge on any atom is -0.508 e. The fourth-order valence-corrected chi connectivity index (χ4v) is 3.03. The molecule has 3 nitrogen and oxygen atoms in total. The van der Waals surface area contributed by atoms with Crippen LogP contribution in [0.2, 0.25) is 0 Å². The second-order valence-corrected chi connectivity index (χ2v) is 5.69.